The Hall–Kier alpha value is -2.56. The van der Waals surface area contributed by atoms with Crippen molar-refractivity contribution >= 4 is 11.6 Å². The maximum Gasteiger partial charge on any atom is 0.251 e. The van der Waals surface area contributed by atoms with Crippen molar-refractivity contribution in [3.8, 4) is 5.88 Å². The van der Waals surface area contributed by atoms with Crippen molar-refractivity contribution in [2.24, 2.45) is 0 Å². The third-order valence-electron chi connectivity index (χ3n) is 2.99. The third kappa shape index (κ3) is 4.21. The summed E-state index contributed by atoms with van der Waals surface area (Å²) in [5, 5.41) is 6.05. The van der Waals surface area contributed by atoms with Crippen molar-refractivity contribution in [1.82, 2.24) is 10.3 Å². The number of nitrogens with one attached hydrogen (secondary N) is 2. The van der Waals surface area contributed by atoms with E-state index < -0.39 is 0 Å². The zero-order valence-corrected chi connectivity index (χ0v) is 12.2. The third-order valence-corrected chi connectivity index (χ3v) is 2.99. The standard InChI is InChI=1S/C16H19N3O2/c1-3-17-16(20)13-5-7-14(8-6-13)18-10-12-4-9-15(21-2)19-11-12/h4-9,11,18H,3,10H2,1-2H3,(H,17,20). The Morgan fingerprint density at radius 3 is 2.52 bits per heavy atom. The van der Waals surface area contributed by atoms with E-state index >= 15 is 0 Å². The number of hydrogen-bond donors (Lipinski definition) is 2. The van der Waals surface area contributed by atoms with Gasteiger partial charge in [0, 0.05) is 36.6 Å². The van der Waals surface area contributed by atoms with Gasteiger partial charge in [0.15, 0.2) is 0 Å². The molecule has 2 N–H and O–H groups in total. The van der Waals surface area contributed by atoms with Gasteiger partial charge in [-0.3, -0.25) is 4.79 Å². The van der Waals surface area contributed by atoms with Crippen LogP contribution in [0.4, 0.5) is 5.69 Å². The number of pyridine rings is 1. The van der Waals surface area contributed by atoms with Gasteiger partial charge in [0.2, 0.25) is 5.88 Å². The molecule has 110 valence electrons. The Labute approximate surface area is 124 Å². The number of carbonyl (C=O) groups is 1. The Kier molecular flexibility index (Phi) is 5.15. The van der Waals surface area contributed by atoms with Crippen molar-refractivity contribution in [1.29, 1.82) is 0 Å². The van der Waals surface area contributed by atoms with E-state index in [0.29, 0.717) is 24.5 Å². The van der Waals surface area contributed by atoms with E-state index in [9.17, 15) is 4.79 Å². The monoisotopic (exact) mass is 285 g/mol. The van der Waals surface area contributed by atoms with Crippen LogP contribution in [0.3, 0.4) is 0 Å². The molecule has 1 heterocycles. The fourth-order valence-corrected chi connectivity index (χ4v) is 1.84. The van der Waals surface area contributed by atoms with Crippen LogP contribution in [0, 0.1) is 0 Å². The molecular formula is C16H19N3O2. The molecular weight excluding hydrogens is 266 g/mol. The lowest BCUT2D eigenvalue weighted by atomic mass is 10.2. The minimum Gasteiger partial charge on any atom is -0.481 e. The molecule has 2 rings (SSSR count). The van der Waals surface area contributed by atoms with Crippen molar-refractivity contribution in [3.63, 3.8) is 0 Å². The first-order chi connectivity index (χ1) is 10.2. The largest absolute Gasteiger partial charge is 0.481 e. The molecule has 0 unspecified atom stereocenters. The molecule has 0 aliphatic carbocycles. The molecule has 0 saturated heterocycles. The van der Waals surface area contributed by atoms with E-state index in [0.717, 1.165) is 11.3 Å². The normalized spacial score (nSPS) is 10.0. The second kappa shape index (κ2) is 7.28. The second-order valence-electron chi connectivity index (χ2n) is 4.50. The Morgan fingerprint density at radius 2 is 1.95 bits per heavy atom. The first-order valence-corrected chi connectivity index (χ1v) is 6.84. The van der Waals surface area contributed by atoms with E-state index in [1.54, 1.807) is 25.4 Å². The van der Waals surface area contributed by atoms with Gasteiger partial charge < -0.3 is 15.4 Å². The Morgan fingerprint density at radius 1 is 1.19 bits per heavy atom. The smallest absolute Gasteiger partial charge is 0.251 e. The summed E-state index contributed by atoms with van der Waals surface area (Å²) in [5.74, 6) is 0.549. The number of carbonyl (C=O) groups excluding carboxylic acids is 1. The molecule has 0 spiro atoms. The first kappa shape index (κ1) is 14.8. The number of anilines is 1. The quantitative estimate of drug-likeness (QED) is 0.855. The van der Waals surface area contributed by atoms with Gasteiger partial charge in [-0.15, -0.1) is 0 Å². The van der Waals surface area contributed by atoms with Crippen LogP contribution in [0.5, 0.6) is 5.88 Å². The zero-order valence-electron chi connectivity index (χ0n) is 12.2. The van der Waals surface area contributed by atoms with Gasteiger partial charge in [0.25, 0.3) is 5.91 Å². The van der Waals surface area contributed by atoms with Gasteiger partial charge in [-0.2, -0.15) is 0 Å². The summed E-state index contributed by atoms with van der Waals surface area (Å²) in [6.45, 7) is 3.19. The number of amides is 1. The Bertz CT molecular complexity index is 579. The van der Waals surface area contributed by atoms with E-state index in [1.807, 2.05) is 31.2 Å². The highest BCUT2D eigenvalue weighted by Gasteiger charge is 2.03. The molecule has 21 heavy (non-hydrogen) atoms. The molecule has 0 radical (unpaired) electrons. The molecule has 1 aromatic heterocycles. The van der Waals surface area contributed by atoms with Crippen molar-refractivity contribution in [2.45, 2.75) is 13.5 Å². The van der Waals surface area contributed by atoms with E-state index in [1.165, 1.54) is 0 Å². The van der Waals surface area contributed by atoms with E-state index in [-0.39, 0.29) is 5.91 Å². The average Bonchev–Trinajstić information content (AvgIpc) is 2.54. The van der Waals surface area contributed by atoms with Gasteiger partial charge in [0.05, 0.1) is 7.11 Å². The number of rotatable bonds is 6. The van der Waals surface area contributed by atoms with Crippen LogP contribution >= 0.6 is 0 Å². The summed E-state index contributed by atoms with van der Waals surface area (Å²) in [4.78, 5) is 15.8. The predicted octanol–water partition coefficient (Wildman–Crippen LogP) is 2.45. The summed E-state index contributed by atoms with van der Waals surface area (Å²) < 4.78 is 5.02. The highest BCUT2D eigenvalue weighted by molar-refractivity contribution is 5.94. The maximum absolute atomic E-state index is 11.6. The van der Waals surface area contributed by atoms with Crippen LogP contribution in [0.15, 0.2) is 42.6 Å². The lowest BCUT2D eigenvalue weighted by Crippen LogP contribution is -2.22. The highest BCUT2D eigenvalue weighted by atomic mass is 16.5. The van der Waals surface area contributed by atoms with Gasteiger partial charge >= 0.3 is 0 Å². The van der Waals surface area contributed by atoms with Crippen molar-refractivity contribution in [3.05, 3.63) is 53.7 Å². The molecule has 0 saturated carbocycles. The molecule has 2 aromatic rings. The number of ether oxygens (including phenoxy) is 1. The molecule has 5 nitrogen and oxygen atoms in total. The number of benzene rings is 1. The summed E-state index contributed by atoms with van der Waals surface area (Å²) in [5.41, 5.74) is 2.68. The SMILES string of the molecule is CCNC(=O)c1ccc(NCc2ccc(OC)nc2)cc1. The lowest BCUT2D eigenvalue weighted by molar-refractivity contribution is 0.0956. The molecule has 0 aliphatic rings. The topological polar surface area (TPSA) is 63.2 Å². The second-order valence-corrected chi connectivity index (χ2v) is 4.50. The summed E-state index contributed by atoms with van der Waals surface area (Å²) in [6, 6.07) is 11.2. The molecule has 0 aliphatic heterocycles. The molecule has 0 atom stereocenters. The first-order valence-electron chi connectivity index (χ1n) is 6.84. The number of aromatic nitrogens is 1. The zero-order chi connectivity index (χ0) is 15.1. The molecule has 0 bridgehead atoms. The average molecular weight is 285 g/mol. The summed E-state index contributed by atoms with van der Waals surface area (Å²) in [6.07, 6.45) is 1.77. The number of methoxy groups -OCH3 is 1. The van der Waals surface area contributed by atoms with Crippen molar-refractivity contribution in [2.75, 3.05) is 19.0 Å². The highest BCUT2D eigenvalue weighted by Crippen LogP contribution is 2.12. The maximum atomic E-state index is 11.6. The summed E-state index contributed by atoms with van der Waals surface area (Å²) >= 11 is 0. The van der Waals surface area contributed by atoms with Crippen LogP contribution in [0.25, 0.3) is 0 Å². The van der Waals surface area contributed by atoms with E-state index in [4.69, 9.17) is 4.74 Å². The lowest BCUT2D eigenvalue weighted by Gasteiger charge is -2.08. The van der Waals surface area contributed by atoms with E-state index in [2.05, 4.69) is 15.6 Å². The minimum atomic E-state index is -0.0524. The van der Waals surface area contributed by atoms with Gasteiger partial charge in [-0.05, 0) is 36.8 Å². The molecule has 1 aromatic carbocycles. The van der Waals surface area contributed by atoms with Gasteiger partial charge in [-0.1, -0.05) is 6.07 Å². The van der Waals surface area contributed by atoms with Crippen molar-refractivity contribution < 1.29 is 9.53 Å². The fraction of sp³-hybridized carbons (Fsp3) is 0.250. The van der Waals surface area contributed by atoms with Gasteiger partial charge in [0.1, 0.15) is 0 Å². The van der Waals surface area contributed by atoms with Crippen LogP contribution in [0.1, 0.15) is 22.8 Å². The van der Waals surface area contributed by atoms with Crippen LogP contribution < -0.4 is 15.4 Å². The van der Waals surface area contributed by atoms with Crippen LogP contribution in [-0.4, -0.2) is 24.5 Å². The van der Waals surface area contributed by atoms with Gasteiger partial charge in [-0.25, -0.2) is 4.98 Å². The molecule has 0 fully saturated rings. The minimum absolute atomic E-state index is 0.0524. The Balaban J connectivity index is 1.92. The predicted molar refractivity (Wildman–Crippen MR) is 82.6 cm³/mol. The van der Waals surface area contributed by atoms with Crippen LogP contribution in [-0.2, 0) is 6.54 Å². The molecule has 1 amide bonds. The molecule has 5 heteroatoms. The number of hydrogen-bond acceptors (Lipinski definition) is 4. The fourth-order valence-electron chi connectivity index (χ4n) is 1.84. The summed E-state index contributed by atoms with van der Waals surface area (Å²) in [7, 11) is 1.59. The van der Waals surface area contributed by atoms with Crippen LogP contribution in [0.2, 0.25) is 0 Å². The number of nitrogens with zero attached hydrogens (tertiary/aromatic N) is 1.